The van der Waals surface area contributed by atoms with Crippen molar-refractivity contribution in [2.24, 2.45) is 5.14 Å². The van der Waals surface area contributed by atoms with Crippen molar-refractivity contribution >= 4 is 21.8 Å². The molecule has 0 aliphatic rings. The van der Waals surface area contributed by atoms with E-state index in [0.717, 1.165) is 17.2 Å². The van der Waals surface area contributed by atoms with Crippen LogP contribution in [0.3, 0.4) is 0 Å². The van der Waals surface area contributed by atoms with Crippen LogP contribution in [0.15, 0.2) is 41.3 Å². The van der Waals surface area contributed by atoms with Crippen molar-refractivity contribution in [1.82, 2.24) is 10.9 Å². The third-order valence-corrected chi connectivity index (χ3v) is 4.57. The van der Waals surface area contributed by atoms with Gasteiger partial charge in [0.25, 0.3) is 11.8 Å². The topological polar surface area (TPSA) is 128 Å². The molecule has 2 aromatic carbocycles. The Bertz CT molecular complexity index is 970. The third-order valence-electron chi connectivity index (χ3n) is 3.66. The summed E-state index contributed by atoms with van der Waals surface area (Å²) >= 11 is 0. The van der Waals surface area contributed by atoms with E-state index in [2.05, 4.69) is 10.9 Å². The lowest BCUT2D eigenvalue weighted by Gasteiger charge is -2.12. The van der Waals surface area contributed by atoms with Gasteiger partial charge in [-0.3, -0.25) is 20.4 Å². The molecule has 0 radical (unpaired) electrons. The SMILES string of the molecule is COc1ccc(S(N)(=O)=O)cc1C(=O)NNC(=O)c1ccc(C)cc1C. The Morgan fingerprint density at radius 2 is 1.58 bits per heavy atom. The van der Waals surface area contributed by atoms with Crippen molar-refractivity contribution in [3.05, 3.63) is 58.7 Å². The zero-order valence-electron chi connectivity index (χ0n) is 14.5. The van der Waals surface area contributed by atoms with Crippen LogP contribution in [0, 0.1) is 13.8 Å². The predicted octanol–water partition coefficient (Wildman–Crippen LogP) is 1.03. The molecule has 0 heterocycles. The number of amides is 2. The van der Waals surface area contributed by atoms with Crippen molar-refractivity contribution in [1.29, 1.82) is 0 Å². The van der Waals surface area contributed by atoms with Crippen molar-refractivity contribution < 1.29 is 22.7 Å². The van der Waals surface area contributed by atoms with Crippen LogP contribution in [-0.2, 0) is 10.0 Å². The average molecular weight is 377 g/mol. The van der Waals surface area contributed by atoms with Crippen LogP contribution in [0.4, 0.5) is 0 Å². The Hall–Kier alpha value is -2.91. The normalized spacial score (nSPS) is 10.9. The van der Waals surface area contributed by atoms with E-state index in [1.165, 1.54) is 19.2 Å². The predicted molar refractivity (Wildman–Crippen MR) is 95.2 cm³/mol. The summed E-state index contributed by atoms with van der Waals surface area (Å²) in [6.45, 7) is 3.68. The number of rotatable bonds is 4. The van der Waals surface area contributed by atoms with Gasteiger partial charge in [0.05, 0.1) is 17.6 Å². The number of hydrogen-bond donors (Lipinski definition) is 3. The van der Waals surface area contributed by atoms with E-state index in [1.807, 2.05) is 13.0 Å². The fourth-order valence-corrected chi connectivity index (χ4v) is 2.90. The maximum absolute atomic E-state index is 12.3. The molecule has 0 fully saturated rings. The highest BCUT2D eigenvalue weighted by molar-refractivity contribution is 7.89. The molecule has 2 aromatic rings. The molecule has 0 unspecified atom stereocenters. The molecule has 0 aliphatic heterocycles. The van der Waals surface area contributed by atoms with Crippen LogP contribution in [0.1, 0.15) is 31.8 Å². The van der Waals surface area contributed by atoms with Crippen LogP contribution in [0.2, 0.25) is 0 Å². The van der Waals surface area contributed by atoms with Crippen LogP contribution in [0.25, 0.3) is 0 Å². The molecule has 138 valence electrons. The highest BCUT2D eigenvalue weighted by atomic mass is 32.2. The molecule has 0 saturated heterocycles. The number of carbonyl (C=O) groups is 2. The zero-order chi connectivity index (χ0) is 19.5. The maximum atomic E-state index is 12.3. The van der Waals surface area contributed by atoms with Crippen molar-refractivity contribution in [2.45, 2.75) is 18.7 Å². The number of hydrazine groups is 1. The number of hydrogen-bond acceptors (Lipinski definition) is 5. The van der Waals surface area contributed by atoms with Gasteiger partial charge in [-0.05, 0) is 43.7 Å². The van der Waals surface area contributed by atoms with Gasteiger partial charge in [0, 0.05) is 5.56 Å². The molecular formula is C17H19N3O5S. The number of methoxy groups -OCH3 is 1. The van der Waals surface area contributed by atoms with E-state index in [4.69, 9.17) is 9.88 Å². The van der Waals surface area contributed by atoms with Crippen LogP contribution in [0.5, 0.6) is 5.75 Å². The second kappa shape index (κ2) is 7.54. The second-order valence-electron chi connectivity index (χ2n) is 5.63. The molecule has 0 aromatic heterocycles. The maximum Gasteiger partial charge on any atom is 0.273 e. The van der Waals surface area contributed by atoms with Crippen molar-refractivity contribution in [2.75, 3.05) is 7.11 Å². The van der Waals surface area contributed by atoms with E-state index in [-0.39, 0.29) is 16.2 Å². The lowest BCUT2D eigenvalue weighted by atomic mass is 10.1. The van der Waals surface area contributed by atoms with Gasteiger partial charge in [0.15, 0.2) is 0 Å². The first kappa shape index (κ1) is 19.4. The van der Waals surface area contributed by atoms with Crippen LogP contribution < -0.4 is 20.7 Å². The smallest absolute Gasteiger partial charge is 0.273 e. The number of carbonyl (C=O) groups excluding carboxylic acids is 2. The molecule has 9 heteroatoms. The Kier molecular flexibility index (Phi) is 5.63. The lowest BCUT2D eigenvalue weighted by Crippen LogP contribution is -2.42. The van der Waals surface area contributed by atoms with Gasteiger partial charge < -0.3 is 4.74 Å². The minimum absolute atomic E-state index is 0.0834. The third kappa shape index (κ3) is 4.38. The van der Waals surface area contributed by atoms with E-state index in [0.29, 0.717) is 5.56 Å². The number of benzene rings is 2. The average Bonchev–Trinajstić information content (AvgIpc) is 2.58. The monoisotopic (exact) mass is 377 g/mol. The summed E-state index contributed by atoms with van der Waals surface area (Å²) in [5.41, 5.74) is 6.61. The summed E-state index contributed by atoms with van der Waals surface area (Å²) in [6.07, 6.45) is 0. The standard InChI is InChI=1S/C17H19N3O5S/c1-10-4-6-13(11(2)8-10)16(21)19-20-17(22)14-9-12(26(18,23)24)5-7-15(14)25-3/h4-9H,1-3H3,(H,19,21)(H,20,22)(H2,18,23,24). The highest BCUT2D eigenvalue weighted by Gasteiger charge is 2.18. The van der Waals surface area contributed by atoms with Crippen LogP contribution >= 0.6 is 0 Å². The Morgan fingerprint density at radius 1 is 0.962 bits per heavy atom. The van der Waals surface area contributed by atoms with Gasteiger partial charge >= 0.3 is 0 Å². The largest absolute Gasteiger partial charge is 0.496 e. The van der Waals surface area contributed by atoms with Gasteiger partial charge in [-0.1, -0.05) is 17.7 Å². The molecule has 2 rings (SSSR count). The molecule has 0 bridgehead atoms. The van der Waals surface area contributed by atoms with E-state index < -0.39 is 21.8 Å². The summed E-state index contributed by atoms with van der Waals surface area (Å²) < 4.78 is 28.0. The summed E-state index contributed by atoms with van der Waals surface area (Å²) in [6, 6.07) is 8.87. The molecule has 4 N–H and O–H groups in total. The molecule has 2 amide bonds. The summed E-state index contributed by atoms with van der Waals surface area (Å²) in [5, 5.41) is 5.07. The number of nitrogens with one attached hydrogen (secondary N) is 2. The number of ether oxygens (including phenoxy) is 1. The number of primary sulfonamides is 1. The molecule has 0 spiro atoms. The van der Waals surface area contributed by atoms with Gasteiger partial charge in [0.1, 0.15) is 5.75 Å². The Morgan fingerprint density at radius 3 is 2.12 bits per heavy atom. The number of aryl methyl sites for hydroxylation is 2. The minimum atomic E-state index is -3.99. The van der Waals surface area contributed by atoms with E-state index in [1.54, 1.807) is 19.1 Å². The molecule has 0 aliphatic carbocycles. The first-order chi connectivity index (χ1) is 12.1. The van der Waals surface area contributed by atoms with E-state index in [9.17, 15) is 18.0 Å². The van der Waals surface area contributed by atoms with E-state index >= 15 is 0 Å². The first-order valence-electron chi connectivity index (χ1n) is 7.52. The molecular weight excluding hydrogens is 358 g/mol. The van der Waals surface area contributed by atoms with Gasteiger partial charge in [-0.2, -0.15) is 0 Å². The number of sulfonamides is 1. The van der Waals surface area contributed by atoms with Crippen molar-refractivity contribution in [3.63, 3.8) is 0 Å². The Labute approximate surface area is 151 Å². The summed E-state index contributed by atoms with van der Waals surface area (Å²) in [7, 11) is -2.66. The highest BCUT2D eigenvalue weighted by Crippen LogP contribution is 2.21. The van der Waals surface area contributed by atoms with Gasteiger partial charge in [0.2, 0.25) is 10.0 Å². The van der Waals surface area contributed by atoms with Gasteiger partial charge in [-0.15, -0.1) is 0 Å². The zero-order valence-corrected chi connectivity index (χ0v) is 15.3. The fourth-order valence-electron chi connectivity index (χ4n) is 2.36. The number of nitrogens with two attached hydrogens (primary N) is 1. The molecule has 8 nitrogen and oxygen atoms in total. The van der Waals surface area contributed by atoms with Crippen LogP contribution in [-0.4, -0.2) is 27.3 Å². The van der Waals surface area contributed by atoms with Gasteiger partial charge in [-0.25, -0.2) is 13.6 Å². The Balaban J connectivity index is 2.20. The first-order valence-corrected chi connectivity index (χ1v) is 9.07. The lowest BCUT2D eigenvalue weighted by molar-refractivity contribution is 0.0844. The summed E-state index contributed by atoms with van der Waals surface area (Å²) in [4.78, 5) is 24.3. The minimum Gasteiger partial charge on any atom is -0.496 e. The molecule has 0 atom stereocenters. The molecule has 26 heavy (non-hydrogen) atoms. The molecule has 0 saturated carbocycles. The summed E-state index contributed by atoms with van der Waals surface area (Å²) in [5.74, 6) is -1.11. The quantitative estimate of drug-likeness (QED) is 0.686. The van der Waals surface area contributed by atoms with Crippen molar-refractivity contribution in [3.8, 4) is 5.75 Å². The fraction of sp³-hybridized carbons (Fsp3) is 0.176. The second-order valence-corrected chi connectivity index (χ2v) is 7.20.